The van der Waals surface area contributed by atoms with Gasteiger partial charge in [-0.05, 0) is 0 Å². The van der Waals surface area contributed by atoms with Gasteiger partial charge in [-0.2, -0.15) is 0 Å². The van der Waals surface area contributed by atoms with Crippen LogP contribution in [0.15, 0.2) is 0 Å². The molecule has 0 saturated carbocycles. The predicted octanol–water partition coefficient (Wildman–Crippen LogP) is -1.17. The normalized spacial score (nSPS) is 6.20. The number of hydrogen-bond acceptors (Lipinski definition) is 2. The van der Waals surface area contributed by atoms with Gasteiger partial charge >= 0.3 is 101 Å². The van der Waals surface area contributed by atoms with Crippen LogP contribution in [0.3, 0.4) is 0 Å². The summed E-state index contributed by atoms with van der Waals surface area (Å²) in [5, 5.41) is 15.2. The molecule has 51 valence electrons. The van der Waals surface area contributed by atoms with Crippen LogP contribution in [0.1, 0.15) is 6.92 Å². The van der Waals surface area contributed by atoms with Gasteiger partial charge in [-0.1, -0.05) is 0 Å². The zero-order valence-corrected chi connectivity index (χ0v) is 9.57. The van der Waals surface area contributed by atoms with Gasteiger partial charge < -0.3 is 5.11 Å². The molecule has 10 heavy (non-hydrogen) atoms. The van der Waals surface area contributed by atoms with Gasteiger partial charge in [-0.3, -0.25) is 4.79 Å². The fourth-order valence-electron chi connectivity index (χ4n) is 0. The molecular weight excluding hydrogens is 289 g/mol. The van der Waals surface area contributed by atoms with Crippen LogP contribution in [-0.4, -0.2) is 106 Å². The minimum atomic E-state index is -0.833. The SMILES string of the molecule is CC(=O)O.O=C(O)[CH2][Ba+2].[CaH2]. The Bertz CT molecular complexity index is 101. The van der Waals surface area contributed by atoms with E-state index >= 15 is 0 Å². The Morgan fingerprint density at radius 2 is 1.50 bits per heavy atom. The van der Waals surface area contributed by atoms with Crippen molar-refractivity contribution in [2.45, 2.75) is 7.81 Å². The summed E-state index contributed by atoms with van der Waals surface area (Å²) in [6, 6.07) is 0. The van der Waals surface area contributed by atoms with Crippen LogP contribution in [0.4, 0.5) is 0 Å². The van der Waals surface area contributed by atoms with Crippen molar-refractivity contribution in [3.05, 3.63) is 0 Å². The molecule has 0 saturated heterocycles. The Kier molecular flexibility index (Phi) is 23.7. The van der Waals surface area contributed by atoms with Crippen LogP contribution in [0.5, 0.6) is 0 Å². The van der Waals surface area contributed by atoms with Crippen molar-refractivity contribution in [2.75, 3.05) is 0 Å². The molecule has 0 aromatic heterocycles. The second kappa shape index (κ2) is 13.4. The van der Waals surface area contributed by atoms with Crippen LogP contribution < -0.4 is 0 Å². The molecule has 0 aromatic rings. The maximum atomic E-state index is 9.42. The third-order valence-corrected chi connectivity index (χ3v) is 1.56. The Hall–Kier alpha value is 1.77. The van der Waals surface area contributed by atoms with Crippen molar-refractivity contribution in [2.24, 2.45) is 0 Å². The Morgan fingerprint density at radius 3 is 1.50 bits per heavy atom. The molecule has 0 spiro atoms. The number of carboxylic acids is 2. The maximum absolute atomic E-state index is 9.42. The molecule has 0 bridgehead atoms. The van der Waals surface area contributed by atoms with Gasteiger partial charge in [0.05, 0.1) is 0 Å². The van der Waals surface area contributed by atoms with Gasteiger partial charge in [-0.15, -0.1) is 0 Å². The molecule has 0 heterocycles. The Morgan fingerprint density at radius 1 is 1.40 bits per heavy atom. The molecule has 0 unspecified atom stereocenters. The second-order valence-electron chi connectivity index (χ2n) is 1.16. The molecule has 2 N–H and O–H groups in total. The summed E-state index contributed by atoms with van der Waals surface area (Å²) >= 11 is 0.444. The molecule has 6 heteroatoms. The summed E-state index contributed by atoms with van der Waals surface area (Å²) in [6.07, 6.45) is 0. The molecule has 0 aliphatic carbocycles. The summed E-state index contributed by atoms with van der Waals surface area (Å²) < 4.78 is 0.417. The molecule has 0 fully saturated rings. The van der Waals surface area contributed by atoms with Crippen molar-refractivity contribution >= 4 is 96.2 Å². The Labute approximate surface area is 121 Å². The van der Waals surface area contributed by atoms with Crippen molar-refractivity contribution in [3.63, 3.8) is 0 Å². The van der Waals surface area contributed by atoms with Crippen molar-refractivity contribution in [1.82, 2.24) is 0 Å². The monoisotopic (exact) mass is 299 g/mol. The van der Waals surface area contributed by atoms with Crippen LogP contribution in [0.2, 0.25) is 0.889 Å². The fourth-order valence-corrected chi connectivity index (χ4v) is 0. The number of hydrogen-bond donors (Lipinski definition) is 2. The summed E-state index contributed by atoms with van der Waals surface area (Å²) in [6.45, 7) is 1.08. The number of rotatable bonds is 1. The van der Waals surface area contributed by atoms with Crippen LogP contribution in [0, 0.1) is 0 Å². The van der Waals surface area contributed by atoms with Crippen LogP contribution in [-0.2, 0) is 9.59 Å². The van der Waals surface area contributed by atoms with Crippen molar-refractivity contribution < 1.29 is 19.8 Å². The van der Waals surface area contributed by atoms with E-state index in [0.717, 1.165) is 6.92 Å². The quantitative estimate of drug-likeness (QED) is 0.599. The average molecular weight is 299 g/mol. The van der Waals surface area contributed by atoms with Gasteiger partial charge in [0.1, 0.15) is 0 Å². The molecule has 0 rings (SSSR count). The minimum absolute atomic E-state index is 0. The number of carbonyl (C=O) groups is 2. The molecular formula is C4H9BaCaO4+2. The van der Waals surface area contributed by atoms with E-state index in [-0.39, 0.29) is 37.7 Å². The summed E-state index contributed by atoms with van der Waals surface area (Å²) in [5.41, 5.74) is 0. The van der Waals surface area contributed by atoms with E-state index in [4.69, 9.17) is 15.0 Å². The second-order valence-corrected chi connectivity index (χ2v) is 2.73. The Balaban J connectivity index is -0.0000000910. The molecule has 0 aliphatic heterocycles. The van der Waals surface area contributed by atoms with E-state index in [1.54, 1.807) is 0 Å². The predicted molar refractivity (Wildman–Crippen MR) is 40.1 cm³/mol. The van der Waals surface area contributed by atoms with Crippen molar-refractivity contribution in [3.8, 4) is 0 Å². The van der Waals surface area contributed by atoms with Gasteiger partial charge in [0.15, 0.2) is 0 Å². The molecule has 0 atom stereocenters. The van der Waals surface area contributed by atoms with Crippen molar-refractivity contribution in [1.29, 1.82) is 0 Å². The summed E-state index contributed by atoms with van der Waals surface area (Å²) in [4.78, 5) is 18.4. The zero-order chi connectivity index (χ0) is 7.86. The van der Waals surface area contributed by atoms with E-state index in [0.29, 0.717) is 47.4 Å². The first-order chi connectivity index (χ1) is 4.00. The van der Waals surface area contributed by atoms with E-state index in [9.17, 15) is 4.79 Å². The first-order valence-electron chi connectivity index (χ1n) is 2.21. The van der Waals surface area contributed by atoms with E-state index in [1.807, 2.05) is 0 Å². The number of carboxylic acid groups (broad SMARTS) is 2. The fraction of sp³-hybridized carbons (Fsp3) is 0.500. The van der Waals surface area contributed by atoms with E-state index in [1.165, 1.54) is 0 Å². The van der Waals surface area contributed by atoms with Crippen LogP contribution in [0.25, 0.3) is 0 Å². The standard InChI is InChI=1S/C2H4O2.C2H3O2.Ba.Ca.2H/c2*1-2(3)4;;;;/h1H3,(H,3,4);1H2,(H,3,4);;;;/q;;+2;;;. The first-order valence-corrected chi connectivity index (χ1v) is 5.35. The van der Waals surface area contributed by atoms with E-state index in [2.05, 4.69) is 0 Å². The first kappa shape index (κ1) is 17.8. The summed E-state index contributed by atoms with van der Waals surface area (Å²) in [5.74, 6) is -1.49. The third kappa shape index (κ3) is 52.9. The molecule has 0 aliphatic rings. The molecule has 7 radical (unpaired) electrons. The van der Waals surface area contributed by atoms with Gasteiger partial charge in [-0.25, -0.2) is 0 Å². The summed E-state index contributed by atoms with van der Waals surface area (Å²) in [7, 11) is 0. The zero-order valence-electron chi connectivity index (χ0n) is 5.13. The van der Waals surface area contributed by atoms with Gasteiger partial charge in [0, 0.05) is 6.92 Å². The third-order valence-electron chi connectivity index (χ3n) is 0.214. The van der Waals surface area contributed by atoms with Gasteiger partial charge in [0.25, 0.3) is 5.97 Å². The molecule has 0 amide bonds. The van der Waals surface area contributed by atoms with Gasteiger partial charge in [0.2, 0.25) is 0 Å². The van der Waals surface area contributed by atoms with E-state index < -0.39 is 11.9 Å². The van der Waals surface area contributed by atoms with Crippen LogP contribution >= 0.6 is 0 Å². The average Bonchev–Trinajstić information content (AvgIpc) is 1.65. The molecule has 4 nitrogen and oxygen atoms in total. The molecule has 0 aromatic carbocycles. The number of aliphatic carboxylic acids is 2. The topological polar surface area (TPSA) is 74.6 Å².